The summed E-state index contributed by atoms with van der Waals surface area (Å²) in [5, 5.41) is 9.81. The number of nitrogens with zero attached hydrogens (tertiary/aromatic N) is 4. The molecule has 0 saturated carbocycles. The Bertz CT molecular complexity index is 1110. The molecule has 1 aromatic carbocycles. The number of aryl methyl sites for hydroxylation is 2. The third-order valence-corrected chi connectivity index (χ3v) is 5.61. The number of hydrogen-bond donors (Lipinski definition) is 1. The molecule has 8 heteroatoms. The van der Waals surface area contributed by atoms with Crippen molar-refractivity contribution in [1.82, 2.24) is 18.7 Å². The average molecular weight is 433 g/mol. The number of aromatic nitrogens is 4. The smallest absolute Gasteiger partial charge is 0.332 e. The highest BCUT2D eigenvalue weighted by atomic mass is 35.5. The van der Waals surface area contributed by atoms with Crippen LogP contribution >= 0.6 is 11.6 Å². The number of imidazole rings is 1. The molecule has 0 aliphatic carbocycles. The first-order valence-corrected chi connectivity index (χ1v) is 10.9. The molecule has 0 amide bonds. The van der Waals surface area contributed by atoms with E-state index < -0.39 is 5.69 Å². The molecule has 2 aromatic heterocycles. The maximum atomic E-state index is 13.2. The maximum Gasteiger partial charge on any atom is 0.332 e. The van der Waals surface area contributed by atoms with Gasteiger partial charge in [0.25, 0.3) is 5.56 Å². The number of rotatable bonds is 10. The summed E-state index contributed by atoms with van der Waals surface area (Å²) in [7, 11) is 1.64. The van der Waals surface area contributed by atoms with Crippen LogP contribution in [0, 0.1) is 0 Å². The predicted octanol–water partition coefficient (Wildman–Crippen LogP) is 3.10. The second-order valence-corrected chi connectivity index (χ2v) is 8.04. The highest BCUT2D eigenvalue weighted by Crippen LogP contribution is 2.18. The summed E-state index contributed by atoms with van der Waals surface area (Å²) in [4.78, 5) is 30.7. The number of halogens is 1. The molecule has 0 unspecified atom stereocenters. The van der Waals surface area contributed by atoms with Crippen LogP contribution in [0.25, 0.3) is 11.2 Å². The second kappa shape index (κ2) is 10.1. The van der Waals surface area contributed by atoms with Crippen molar-refractivity contribution in [1.29, 1.82) is 0 Å². The molecule has 1 N–H and O–H groups in total. The zero-order valence-electron chi connectivity index (χ0n) is 17.6. The van der Waals surface area contributed by atoms with Gasteiger partial charge in [-0.25, -0.2) is 9.78 Å². The van der Waals surface area contributed by atoms with Crippen molar-refractivity contribution in [2.75, 3.05) is 6.61 Å². The van der Waals surface area contributed by atoms with E-state index in [1.54, 1.807) is 7.05 Å². The molecular formula is C22H29ClN4O3. The van der Waals surface area contributed by atoms with Gasteiger partial charge in [0.1, 0.15) is 5.82 Å². The maximum absolute atomic E-state index is 13.2. The summed E-state index contributed by atoms with van der Waals surface area (Å²) < 4.78 is 4.56. The van der Waals surface area contributed by atoms with Crippen LogP contribution in [-0.4, -0.2) is 30.4 Å². The van der Waals surface area contributed by atoms with E-state index in [4.69, 9.17) is 21.7 Å². The number of benzene rings is 1. The molecule has 0 aliphatic heterocycles. The van der Waals surface area contributed by atoms with Gasteiger partial charge in [-0.15, -0.1) is 0 Å². The first-order valence-electron chi connectivity index (χ1n) is 10.5. The summed E-state index contributed by atoms with van der Waals surface area (Å²) in [6, 6.07) is 7.51. The van der Waals surface area contributed by atoms with Crippen molar-refractivity contribution in [3.63, 3.8) is 0 Å². The molecule has 30 heavy (non-hydrogen) atoms. The first kappa shape index (κ1) is 22.3. The lowest BCUT2D eigenvalue weighted by atomic mass is 10.1. The molecule has 0 bridgehead atoms. The molecule has 0 saturated heterocycles. The Hall–Kier alpha value is -2.38. The summed E-state index contributed by atoms with van der Waals surface area (Å²) in [5.41, 5.74) is 1.07. The normalized spacial score (nSPS) is 11.5. The van der Waals surface area contributed by atoms with E-state index in [0.29, 0.717) is 29.2 Å². The number of fused-ring (bicyclic) bond motifs is 1. The molecule has 0 spiro atoms. The molecule has 0 radical (unpaired) electrons. The molecule has 3 rings (SSSR count). The minimum Gasteiger partial charge on any atom is -0.396 e. The van der Waals surface area contributed by atoms with E-state index in [-0.39, 0.29) is 18.7 Å². The van der Waals surface area contributed by atoms with E-state index in [1.165, 1.54) is 9.13 Å². The Labute approximate surface area is 180 Å². The summed E-state index contributed by atoms with van der Waals surface area (Å²) >= 11 is 6.02. The lowest BCUT2D eigenvalue weighted by Gasteiger charge is -2.11. The van der Waals surface area contributed by atoms with Gasteiger partial charge in [-0.1, -0.05) is 49.9 Å². The van der Waals surface area contributed by atoms with Crippen LogP contribution in [0.3, 0.4) is 0 Å². The van der Waals surface area contributed by atoms with Crippen molar-refractivity contribution in [3.8, 4) is 0 Å². The topological polar surface area (TPSA) is 82.1 Å². The van der Waals surface area contributed by atoms with Crippen molar-refractivity contribution >= 4 is 22.8 Å². The summed E-state index contributed by atoms with van der Waals surface area (Å²) in [6.45, 7) is 2.74. The third kappa shape index (κ3) is 4.68. The van der Waals surface area contributed by atoms with E-state index in [0.717, 1.165) is 43.5 Å². The number of aliphatic hydroxyl groups is 1. The van der Waals surface area contributed by atoms with Crippen LogP contribution in [-0.2, 0) is 26.6 Å². The molecule has 0 aliphatic rings. The van der Waals surface area contributed by atoms with E-state index >= 15 is 0 Å². The standard InChI is InChI=1S/C22H29ClN4O3/c1-3-4-5-6-8-18-24-20-19(27(18)15-16-9-11-17(23)12-10-16)21(29)26(13-7-14-28)22(30)25(20)2/h9-12,28H,3-8,13-15H2,1-2H3. The van der Waals surface area contributed by atoms with Crippen molar-refractivity contribution in [2.45, 2.75) is 58.5 Å². The highest BCUT2D eigenvalue weighted by Gasteiger charge is 2.20. The number of aliphatic hydroxyl groups excluding tert-OH is 1. The SMILES string of the molecule is CCCCCCc1nc2c(c(=O)n(CCCO)c(=O)n2C)n1Cc1ccc(Cl)cc1. The lowest BCUT2D eigenvalue weighted by Crippen LogP contribution is -2.40. The van der Waals surface area contributed by atoms with Crippen LogP contribution in [0.5, 0.6) is 0 Å². The van der Waals surface area contributed by atoms with Gasteiger partial charge in [0, 0.05) is 38.2 Å². The quantitative estimate of drug-likeness (QED) is 0.499. The highest BCUT2D eigenvalue weighted by molar-refractivity contribution is 6.30. The fourth-order valence-electron chi connectivity index (χ4n) is 3.69. The Morgan fingerprint density at radius 1 is 1.03 bits per heavy atom. The molecule has 3 aromatic rings. The van der Waals surface area contributed by atoms with Gasteiger partial charge in [-0.3, -0.25) is 13.9 Å². The van der Waals surface area contributed by atoms with Gasteiger partial charge >= 0.3 is 5.69 Å². The van der Waals surface area contributed by atoms with Crippen molar-refractivity contribution in [2.24, 2.45) is 7.05 Å². The molecule has 162 valence electrons. The Morgan fingerprint density at radius 2 is 1.77 bits per heavy atom. The van der Waals surface area contributed by atoms with Crippen molar-refractivity contribution < 1.29 is 5.11 Å². The molecule has 0 atom stereocenters. The van der Waals surface area contributed by atoms with E-state index in [2.05, 4.69) is 6.92 Å². The zero-order chi connectivity index (χ0) is 21.7. The van der Waals surface area contributed by atoms with Crippen molar-refractivity contribution in [3.05, 3.63) is 61.5 Å². The molecular weight excluding hydrogens is 404 g/mol. The largest absolute Gasteiger partial charge is 0.396 e. The minimum absolute atomic E-state index is 0.0830. The minimum atomic E-state index is -0.408. The van der Waals surface area contributed by atoms with Gasteiger partial charge in [-0.2, -0.15) is 0 Å². The third-order valence-electron chi connectivity index (χ3n) is 5.36. The lowest BCUT2D eigenvalue weighted by molar-refractivity contribution is 0.277. The molecule has 0 fully saturated rings. The van der Waals surface area contributed by atoms with E-state index in [1.807, 2.05) is 28.8 Å². The first-order chi connectivity index (χ1) is 14.5. The number of unbranched alkanes of at least 4 members (excludes halogenated alkanes) is 3. The van der Waals surface area contributed by atoms with Crippen LogP contribution in [0.2, 0.25) is 5.02 Å². The fraction of sp³-hybridized carbons (Fsp3) is 0.500. The van der Waals surface area contributed by atoms with Crippen LogP contribution in [0.1, 0.15) is 50.4 Å². The van der Waals surface area contributed by atoms with Gasteiger partial charge in [0.2, 0.25) is 0 Å². The predicted molar refractivity (Wildman–Crippen MR) is 119 cm³/mol. The zero-order valence-corrected chi connectivity index (χ0v) is 18.4. The van der Waals surface area contributed by atoms with Gasteiger partial charge in [0.15, 0.2) is 11.2 Å². The molecule has 7 nitrogen and oxygen atoms in total. The summed E-state index contributed by atoms with van der Waals surface area (Å²) in [5.74, 6) is 0.808. The monoisotopic (exact) mass is 432 g/mol. The Morgan fingerprint density at radius 3 is 2.43 bits per heavy atom. The second-order valence-electron chi connectivity index (χ2n) is 7.60. The fourth-order valence-corrected chi connectivity index (χ4v) is 3.81. The van der Waals surface area contributed by atoms with Gasteiger partial charge in [0.05, 0.1) is 0 Å². The molecule has 2 heterocycles. The number of hydrogen-bond acceptors (Lipinski definition) is 4. The summed E-state index contributed by atoms with van der Waals surface area (Å²) in [6.07, 6.45) is 5.46. The Balaban J connectivity index is 2.14. The van der Waals surface area contributed by atoms with Gasteiger partial charge < -0.3 is 9.67 Å². The average Bonchev–Trinajstić information content (AvgIpc) is 3.10. The van der Waals surface area contributed by atoms with E-state index in [9.17, 15) is 9.59 Å². The van der Waals surface area contributed by atoms with Gasteiger partial charge in [-0.05, 0) is 30.5 Å². The Kier molecular flexibility index (Phi) is 7.50. The van der Waals surface area contributed by atoms with Crippen LogP contribution in [0.4, 0.5) is 0 Å². The van der Waals surface area contributed by atoms with Crippen LogP contribution < -0.4 is 11.2 Å². The van der Waals surface area contributed by atoms with Crippen LogP contribution in [0.15, 0.2) is 33.9 Å².